The van der Waals surface area contributed by atoms with Crippen molar-refractivity contribution in [1.29, 1.82) is 0 Å². The van der Waals surface area contributed by atoms with Gasteiger partial charge in [-0.05, 0) is 13.3 Å². The molecule has 0 radical (unpaired) electrons. The monoisotopic (exact) mass is 269 g/mol. The number of hydrogen-bond donors (Lipinski definition) is 2. The van der Waals surface area contributed by atoms with Crippen LogP contribution >= 0.6 is 0 Å². The van der Waals surface area contributed by atoms with Crippen molar-refractivity contribution >= 4 is 17.5 Å². The Labute approximate surface area is 111 Å². The summed E-state index contributed by atoms with van der Waals surface area (Å²) >= 11 is 0. The Balaban J connectivity index is 3.16. The summed E-state index contributed by atoms with van der Waals surface area (Å²) in [5.41, 5.74) is -0.149. The molecule has 1 rings (SSSR count). The van der Waals surface area contributed by atoms with Gasteiger partial charge in [0.05, 0.1) is 11.5 Å². The van der Waals surface area contributed by atoms with Crippen LogP contribution < -0.4 is 10.2 Å². The van der Waals surface area contributed by atoms with Crippen LogP contribution in [-0.4, -0.2) is 46.2 Å². The van der Waals surface area contributed by atoms with Crippen LogP contribution in [0.1, 0.15) is 20.3 Å². The number of hydrogen-bond acceptors (Lipinski definition) is 7. The molecule has 0 fully saturated rings. The lowest BCUT2D eigenvalue weighted by Crippen LogP contribution is -2.29. The van der Waals surface area contributed by atoms with Gasteiger partial charge in [-0.15, -0.1) is 0 Å². The minimum absolute atomic E-state index is 0.0856. The van der Waals surface area contributed by atoms with Crippen LogP contribution in [0.15, 0.2) is 6.20 Å². The second-order valence-electron chi connectivity index (χ2n) is 3.90. The maximum absolute atomic E-state index is 11.0. The lowest BCUT2D eigenvalue weighted by Gasteiger charge is -2.21. The van der Waals surface area contributed by atoms with E-state index in [4.69, 9.17) is 5.11 Å². The zero-order valence-corrected chi connectivity index (χ0v) is 11.2. The summed E-state index contributed by atoms with van der Waals surface area (Å²) in [6.45, 7) is 5.29. The molecule has 0 aliphatic heterocycles. The van der Waals surface area contributed by atoms with Crippen LogP contribution in [0.4, 0.5) is 17.5 Å². The lowest BCUT2D eigenvalue weighted by molar-refractivity contribution is -0.384. The smallest absolute Gasteiger partial charge is 0.329 e. The van der Waals surface area contributed by atoms with E-state index in [2.05, 4.69) is 15.3 Å². The third kappa shape index (κ3) is 4.02. The van der Waals surface area contributed by atoms with E-state index in [1.165, 1.54) is 6.20 Å². The van der Waals surface area contributed by atoms with Crippen LogP contribution in [0.2, 0.25) is 0 Å². The Morgan fingerprint density at radius 1 is 1.47 bits per heavy atom. The highest BCUT2D eigenvalue weighted by molar-refractivity contribution is 5.58. The first-order valence-electron chi connectivity index (χ1n) is 6.25. The van der Waals surface area contributed by atoms with Gasteiger partial charge in [0.2, 0.25) is 11.8 Å². The van der Waals surface area contributed by atoms with Gasteiger partial charge in [-0.1, -0.05) is 6.92 Å². The number of rotatable bonds is 8. The number of aliphatic hydroxyl groups excluding tert-OH is 1. The summed E-state index contributed by atoms with van der Waals surface area (Å²) < 4.78 is 0. The summed E-state index contributed by atoms with van der Waals surface area (Å²) in [5.74, 6) is 0.592. The normalized spacial score (nSPS) is 10.3. The maximum atomic E-state index is 11.0. The average molecular weight is 269 g/mol. The Morgan fingerprint density at radius 2 is 2.21 bits per heavy atom. The minimum Gasteiger partial charge on any atom is -0.395 e. The second-order valence-corrected chi connectivity index (χ2v) is 3.90. The van der Waals surface area contributed by atoms with E-state index in [1.807, 2.05) is 13.8 Å². The average Bonchev–Trinajstić information content (AvgIpc) is 2.38. The van der Waals surface area contributed by atoms with E-state index in [0.717, 1.165) is 6.42 Å². The zero-order chi connectivity index (χ0) is 14.3. The molecule has 0 spiro atoms. The molecule has 106 valence electrons. The van der Waals surface area contributed by atoms with E-state index in [1.54, 1.807) is 4.90 Å². The molecule has 8 heteroatoms. The summed E-state index contributed by atoms with van der Waals surface area (Å²) in [6, 6.07) is 0. The quantitative estimate of drug-likeness (QED) is 0.536. The standard InChI is InChI=1S/C11H19N5O3/c1-3-5-15(6-7-17)10-9(16(18)19)8-13-11(14-10)12-4-2/h8,17H,3-7H2,1-2H3,(H,12,13,14). The molecule has 1 heterocycles. The van der Waals surface area contributed by atoms with Crippen molar-refractivity contribution in [3.8, 4) is 0 Å². The Hall–Kier alpha value is -1.96. The Morgan fingerprint density at radius 3 is 2.74 bits per heavy atom. The molecule has 0 aliphatic rings. The number of anilines is 2. The molecule has 0 aromatic carbocycles. The van der Waals surface area contributed by atoms with Crippen molar-refractivity contribution in [2.45, 2.75) is 20.3 Å². The highest BCUT2D eigenvalue weighted by atomic mass is 16.6. The molecule has 8 nitrogen and oxygen atoms in total. The third-order valence-electron chi connectivity index (χ3n) is 2.44. The summed E-state index contributed by atoms with van der Waals surface area (Å²) in [5, 5.41) is 23.0. The van der Waals surface area contributed by atoms with E-state index >= 15 is 0 Å². The fraction of sp³-hybridized carbons (Fsp3) is 0.636. The van der Waals surface area contributed by atoms with Gasteiger partial charge >= 0.3 is 5.69 Å². The second kappa shape index (κ2) is 7.47. The molecule has 0 unspecified atom stereocenters. The molecule has 0 bridgehead atoms. The predicted octanol–water partition coefficient (Wildman–Crippen LogP) is 1.03. The van der Waals surface area contributed by atoms with Crippen molar-refractivity contribution in [3.05, 3.63) is 16.3 Å². The topological polar surface area (TPSA) is 104 Å². The van der Waals surface area contributed by atoms with Crippen molar-refractivity contribution in [3.63, 3.8) is 0 Å². The molecule has 0 saturated heterocycles. The van der Waals surface area contributed by atoms with E-state index < -0.39 is 4.92 Å². The molecule has 0 saturated carbocycles. The van der Waals surface area contributed by atoms with Gasteiger partial charge in [0, 0.05) is 19.6 Å². The van der Waals surface area contributed by atoms with Crippen molar-refractivity contribution in [1.82, 2.24) is 9.97 Å². The van der Waals surface area contributed by atoms with E-state index in [0.29, 0.717) is 25.6 Å². The fourth-order valence-electron chi connectivity index (χ4n) is 1.69. The van der Waals surface area contributed by atoms with Crippen LogP contribution in [0.5, 0.6) is 0 Å². The summed E-state index contributed by atoms with van der Waals surface area (Å²) in [6.07, 6.45) is 2.00. The van der Waals surface area contributed by atoms with Crippen LogP contribution in [-0.2, 0) is 0 Å². The molecular formula is C11H19N5O3. The minimum atomic E-state index is -0.509. The van der Waals surface area contributed by atoms with Gasteiger partial charge in [0.1, 0.15) is 6.20 Å². The Bertz CT molecular complexity index is 421. The number of aliphatic hydroxyl groups is 1. The summed E-state index contributed by atoms with van der Waals surface area (Å²) in [7, 11) is 0. The van der Waals surface area contributed by atoms with Gasteiger partial charge in [-0.2, -0.15) is 4.98 Å². The Kier molecular flexibility index (Phi) is 5.94. The highest BCUT2D eigenvalue weighted by Crippen LogP contribution is 2.26. The van der Waals surface area contributed by atoms with E-state index in [-0.39, 0.29) is 18.1 Å². The largest absolute Gasteiger partial charge is 0.395 e. The summed E-state index contributed by atoms with van der Waals surface area (Å²) in [4.78, 5) is 20.3. The van der Waals surface area contributed by atoms with Crippen molar-refractivity contribution in [2.75, 3.05) is 36.5 Å². The first-order chi connectivity index (χ1) is 9.13. The molecule has 0 atom stereocenters. The van der Waals surface area contributed by atoms with Gasteiger partial charge in [0.25, 0.3) is 0 Å². The highest BCUT2D eigenvalue weighted by Gasteiger charge is 2.22. The lowest BCUT2D eigenvalue weighted by atomic mass is 10.3. The SMILES string of the molecule is CCCN(CCO)c1nc(NCC)ncc1[N+](=O)[O-]. The van der Waals surface area contributed by atoms with Gasteiger partial charge < -0.3 is 15.3 Å². The maximum Gasteiger partial charge on any atom is 0.329 e. The predicted molar refractivity (Wildman–Crippen MR) is 72.4 cm³/mol. The molecule has 19 heavy (non-hydrogen) atoms. The number of nitrogens with zero attached hydrogens (tertiary/aromatic N) is 4. The fourth-order valence-corrected chi connectivity index (χ4v) is 1.69. The number of aromatic nitrogens is 2. The molecule has 1 aromatic rings. The third-order valence-corrected chi connectivity index (χ3v) is 2.44. The van der Waals surface area contributed by atoms with Crippen molar-refractivity contribution in [2.24, 2.45) is 0 Å². The van der Waals surface area contributed by atoms with Gasteiger partial charge in [-0.3, -0.25) is 10.1 Å². The molecule has 0 aliphatic carbocycles. The first kappa shape index (κ1) is 15.1. The van der Waals surface area contributed by atoms with Gasteiger partial charge in [0.15, 0.2) is 0 Å². The zero-order valence-electron chi connectivity index (χ0n) is 11.2. The molecular weight excluding hydrogens is 250 g/mol. The molecule has 1 aromatic heterocycles. The number of nitrogens with one attached hydrogen (secondary N) is 1. The van der Waals surface area contributed by atoms with Crippen LogP contribution in [0.25, 0.3) is 0 Å². The van der Waals surface area contributed by atoms with Gasteiger partial charge in [-0.25, -0.2) is 4.98 Å². The molecule has 2 N–H and O–H groups in total. The van der Waals surface area contributed by atoms with Crippen LogP contribution in [0.3, 0.4) is 0 Å². The van der Waals surface area contributed by atoms with Crippen LogP contribution in [0, 0.1) is 10.1 Å². The van der Waals surface area contributed by atoms with E-state index in [9.17, 15) is 10.1 Å². The first-order valence-corrected chi connectivity index (χ1v) is 6.25. The molecule has 0 amide bonds. The number of nitro groups is 1. The van der Waals surface area contributed by atoms with Crippen molar-refractivity contribution < 1.29 is 10.0 Å².